The van der Waals surface area contributed by atoms with Crippen LogP contribution >= 0.6 is 0 Å². The predicted molar refractivity (Wildman–Crippen MR) is 249 cm³/mol. The van der Waals surface area contributed by atoms with E-state index in [1.807, 2.05) is 12.1 Å². The van der Waals surface area contributed by atoms with Gasteiger partial charge >= 0.3 is 0 Å². The third kappa shape index (κ3) is 5.53. The van der Waals surface area contributed by atoms with Crippen LogP contribution in [-0.4, -0.2) is 0 Å². The van der Waals surface area contributed by atoms with Crippen molar-refractivity contribution < 1.29 is 9.15 Å². The van der Waals surface area contributed by atoms with Gasteiger partial charge in [0.2, 0.25) is 0 Å². The van der Waals surface area contributed by atoms with E-state index >= 15 is 0 Å². The summed E-state index contributed by atoms with van der Waals surface area (Å²) in [5.41, 5.74) is 12.7. The largest absolute Gasteiger partial charge is 0.456 e. The van der Waals surface area contributed by atoms with Crippen molar-refractivity contribution in [3.8, 4) is 33.8 Å². The Kier molecular flexibility index (Phi) is 7.82. The number of benzene rings is 10. The summed E-state index contributed by atoms with van der Waals surface area (Å²) in [6.07, 6.45) is 0. The molecule has 2 heterocycles. The van der Waals surface area contributed by atoms with Crippen LogP contribution in [0.2, 0.25) is 0 Å². The molecular weight excluding hydrogens is 733 g/mol. The van der Waals surface area contributed by atoms with Gasteiger partial charge in [-0.15, -0.1) is 0 Å². The highest BCUT2D eigenvalue weighted by molar-refractivity contribution is 6.18. The monoisotopic (exact) mass is 768 g/mol. The Balaban J connectivity index is 0.929. The molecule has 0 saturated heterocycles. The van der Waals surface area contributed by atoms with Crippen molar-refractivity contribution in [3.05, 3.63) is 218 Å². The van der Waals surface area contributed by atoms with Crippen LogP contribution in [0.3, 0.4) is 0 Å². The zero-order chi connectivity index (χ0) is 39.6. The molecule has 0 N–H and O–H groups in total. The van der Waals surface area contributed by atoms with E-state index in [9.17, 15) is 0 Å². The lowest BCUT2D eigenvalue weighted by molar-refractivity contribution is 0.487. The maximum absolute atomic E-state index is 6.79. The number of rotatable bonds is 7. The molecule has 12 rings (SSSR count). The molecule has 4 heteroatoms. The lowest BCUT2D eigenvalue weighted by Crippen LogP contribution is -2.10. The Morgan fingerprint density at radius 2 is 0.933 bits per heavy atom. The van der Waals surface area contributed by atoms with Gasteiger partial charge in [0.05, 0.1) is 5.69 Å². The number of anilines is 6. The Hall–Kier alpha value is -8.08. The Bertz CT molecular complexity index is 3360. The van der Waals surface area contributed by atoms with Gasteiger partial charge in [0.1, 0.15) is 17.1 Å². The first kappa shape index (κ1) is 34.0. The molecule has 282 valence electrons. The number of fused-ring (bicyclic) bond motifs is 7. The average molecular weight is 769 g/mol. The van der Waals surface area contributed by atoms with Crippen molar-refractivity contribution in [2.75, 3.05) is 9.80 Å². The summed E-state index contributed by atoms with van der Waals surface area (Å²) in [7, 11) is 0. The third-order valence-electron chi connectivity index (χ3n) is 11.8. The fourth-order valence-corrected chi connectivity index (χ4v) is 9.05. The molecular formula is C56H36N2O2. The van der Waals surface area contributed by atoms with Crippen molar-refractivity contribution >= 4 is 77.6 Å². The van der Waals surface area contributed by atoms with Crippen LogP contribution in [0, 0.1) is 0 Å². The molecule has 0 unspecified atom stereocenters. The van der Waals surface area contributed by atoms with Gasteiger partial charge < -0.3 is 19.0 Å². The van der Waals surface area contributed by atoms with Crippen molar-refractivity contribution in [1.29, 1.82) is 0 Å². The van der Waals surface area contributed by atoms with Gasteiger partial charge in [-0.2, -0.15) is 0 Å². The molecule has 4 nitrogen and oxygen atoms in total. The molecule has 1 aromatic heterocycles. The highest BCUT2D eigenvalue weighted by Gasteiger charge is 2.24. The second-order valence-corrected chi connectivity index (χ2v) is 15.3. The maximum Gasteiger partial charge on any atom is 0.159 e. The maximum atomic E-state index is 6.79. The normalized spacial score (nSPS) is 11.8. The Labute approximate surface area is 347 Å². The van der Waals surface area contributed by atoms with Crippen molar-refractivity contribution in [3.63, 3.8) is 0 Å². The van der Waals surface area contributed by atoms with Crippen molar-refractivity contribution in [1.82, 2.24) is 0 Å². The number of furan rings is 1. The molecule has 0 saturated carbocycles. The molecule has 1 aliphatic rings. The van der Waals surface area contributed by atoms with Crippen LogP contribution in [0.5, 0.6) is 11.5 Å². The summed E-state index contributed by atoms with van der Waals surface area (Å²) in [5.74, 6) is 1.72. The number of para-hydroxylation sites is 5. The molecule has 0 atom stereocenters. The van der Waals surface area contributed by atoms with Gasteiger partial charge in [-0.3, -0.25) is 0 Å². The summed E-state index contributed by atoms with van der Waals surface area (Å²) >= 11 is 0. The van der Waals surface area contributed by atoms with Crippen LogP contribution in [-0.2, 0) is 0 Å². The van der Waals surface area contributed by atoms with Gasteiger partial charge in [0.15, 0.2) is 5.58 Å². The number of hydrogen-bond donors (Lipinski definition) is 0. The Morgan fingerprint density at radius 3 is 1.68 bits per heavy atom. The predicted octanol–water partition coefficient (Wildman–Crippen LogP) is 16.3. The van der Waals surface area contributed by atoms with Crippen LogP contribution in [0.4, 0.5) is 34.1 Å². The second-order valence-electron chi connectivity index (χ2n) is 15.3. The van der Waals surface area contributed by atoms with Crippen LogP contribution in [0.15, 0.2) is 223 Å². The van der Waals surface area contributed by atoms with Crippen molar-refractivity contribution in [2.24, 2.45) is 0 Å². The quantitative estimate of drug-likeness (QED) is 0.151. The topological polar surface area (TPSA) is 28.9 Å². The highest BCUT2D eigenvalue weighted by Crippen LogP contribution is 2.51. The minimum atomic E-state index is 0.849. The molecule has 1 aliphatic heterocycles. The van der Waals surface area contributed by atoms with Crippen LogP contribution in [0.1, 0.15) is 0 Å². The van der Waals surface area contributed by atoms with E-state index in [4.69, 9.17) is 9.15 Å². The molecule has 0 bridgehead atoms. The van der Waals surface area contributed by atoms with E-state index in [1.54, 1.807) is 0 Å². The van der Waals surface area contributed by atoms with E-state index < -0.39 is 0 Å². The molecule has 0 fully saturated rings. The second kappa shape index (κ2) is 13.8. The molecule has 60 heavy (non-hydrogen) atoms. The zero-order valence-electron chi connectivity index (χ0n) is 32.5. The fraction of sp³-hybridized carbons (Fsp3) is 0. The summed E-state index contributed by atoms with van der Waals surface area (Å²) in [6.45, 7) is 0. The summed E-state index contributed by atoms with van der Waals surface area (Å²) in [4.78, 5) is 4.56. The van der Waals surface area contributed by atoms with E-state index in [0.717, 1.165) is 89.6 Å². The standard InChI is InChI=1S/C56H36N2O2/c1-4-14-40(15-5-1)57(41-16-6-2-7-17-41)44-32-33-46-50-35-39-27-26-38(34-49(39)47-21-13-25-53(55(47)50)59-54(46)36-44)37-28-30-43(31-29-37)58(42-18-8-3-9-19-42)51-23-12-22-48-45-20-10-11-24-52(45)60-56(48)51/h1-36H. The van der Waals surface area contributed by atoms with Gasteiger partial charge in [-0.05, 0) is 124 Å². The molecule has 0 spiro atoms. The lowest BCUT2D eigenvalue weighted by Gasteiger charge is -2.28. The first-order valence-corrected chi connectivity index (χ1v) is 20.3. The summed E-state index contributed by atoms with van der Waals surface area (Å²) < 4.78 is 13.3. The summed E-state index contributed by atoms with van der Waals surface area (Å²) in [5, 5.41) is 6.92. The molecule has 10 aromatic carbocycles. The third-order valence-corrected chi connectivity index (χ3v) is 11.8. The minimum Gasteiger partial charge on any atom is -0.456 e. The van der Waals surface area contributed by atoms with Crippen LogP contribution in [0.25, 0.3) is 65.7 Å². The fourth-order valence-electron chi connectivity index (χ4n) is 9.05. The number of ether oxygens (including phenoxy) is 1. The number of nitrogens with zero attached hydrogens (tertiary/aromatic N) is 2. The van der Waals surface area contributed by atoms with E-state index in [2.05, 4.69) is 216 Å². The van der Waals surface area contributed by atoms with E-state index in [-0.39, 0.29) is 0 Å². The molecule has 0 radical (unpaired) electrons. The van der Waals surface area contributed by atoms with E-state index in [0.29, 0.717) is 0 Å². The SMILES string of the molecule is c1ccc(N(c2ccccc2)c2ccc3c(c2)Oc2cccc4c2c-3cc2ccc(-c3ccc(N(c5ccccc5)c5cccc6c5oc5ccccc56)cc3)cc24)cc1. The molecule has 0 amide bonds. The Morgan fingerprint density at radius 1 is 0.333 bits per heavy atom. The van der Waals surface area contributed by atoms with Gasteiger partial charge in [0, 0.05) is 56.2 Å². The lowest BCUT2D eigenvalue weighted by atomic mass is 9.89. The number of hydrogen-bond acceptors (Lipinski definition) is 4. The highest BCUT2D eigenvalue weighted by atomic mass is 16.5. The van der Waals surface area contributed by atoms with Crippen LogP contribution < -0.4 is 14.5 Å². The minimum absolute atomic E-state index is 0.849. The first-order chi connectivity index (χ1) is 29.7. The zero-order valence-corrected chi connectivity index (χ0v) is 32.5. The van der Waals surface area contributed by atoms with Crippen molar-refractivity contribution in [2.45, 2.75) is 0 Å². The molecule has 0 aliphatic carbocycles. The molecule has 11 aromatic rings. The van der Waals surface area contributed by atoms with Gasteiger partial charge in [-0.1, -0.05) is 121 Å². The summed E-state index contributed by atoms with van der Waals surface area (Å²) in [6, 6.07) is 77.2. The first-order valence-electron chi connectivity index (χ1n) is 20.3. The smallest absolute Gasteiger partial charge is 0.159 e. The van der Waals surface area contributed by atoms with Gasteiger partial charge in [-0.25, -0.2) is 0 Å². The average Bonchev–Trinajstić information content (AvgIpc) is 3.70. The van der Waals surface area contributed by atoms with Gasteiger partial charge in [0.25, 0.3) is 0 Å². The van der Waals surface area contributed by atoms with E-state index in [1.165, 1.54) is 21.7 Å².